The van der Waals surface area contributed by atoms with E-state index in [0.717, 1.165) is 29.6 Å². The molecule has 0 aliphatic carbocycles. The van der Waals surface area contributed by atoms with Crippen LogP contribution < -0.4 is 5.32 Å². The van der Waals surface area contributed by atoms with Gasteiger partial charge in [-0.25, -0.2) is 0 Å². The molecule has 1 saturated heterocycles. The fraction of sp³-hybridized carbons (Fsp3) is 0.625. The lowest BCUT2D eigenvalue weighted by atomic mass is 9.97. The number of nitrogens with zero attached hydrogens (tertiary/aromatic N) is 1. The van der Waals surface area contributed by atoms with Gasteiger partial charge in [0.05, 0.1) is 0 Å². The van der Waals surface area contributed by atoms with Gasteiger partial charge in [0.15, 0.2) is 0 Å². The van der Waals surface area contributed by atoms with E-state index in [2.05, 4.69) is 35.3 Å². The summed E-state index contributed by atoms with van der Waals surface area (Å²) in [6.45, 7) is 10.1. The van der Waals surface area contributed by atoms with Crippen LogP contribution in [0.3, 0.4) is 0 Å². The maximum atomic E-state index is 6.14. The van der Waals surface area contributed by atoms with E-state index < -0.39 is 0 Å². The molecule has 1 aliphatic heterocycles. The number of likely N-dealkylation sites (tertiary alicyclic amines) is 1. The molecule has 0 unspecified atom stereocenters. The van der Waals surface area contributed by atoms with Gasteiger partial charge in [0.25, 0.3) is 0 Å². The predicted octanol–water partition coefficient (Wildman–Crippen LogP) is 3.47. The molecule has 2 nitrogen and oxygen atoms in total. The summed E-state index contributed by atoms with van der Waals surface area (Å²) in [6, 6.07) is 6.33. The van der Waals surface area contributed by atoms with Crippen LogP contribution in [0.5, 0.6) is 0 Å². The molecule has 1 fully saturated rings. The molecule has 0 aromatic heterocycles. The molecule has 0 spiro atoms. The van der Waals surface area contributed by atoms with Crippen LogP contribution in [0, 0.1) is 12.8 Å². The van der Waals surface area contributed by atoms with Gasteiger partial charge >= 0.3 is 0 Å². The minimum Gasteiger partial charge on any atom is -0.312 e. The molecule has 1 heterocycles. The number of aryl methyl sites for hydroxylation is 1. The number of nitrogens with one attached hydrogen (secondary N) is 1. The Kier molecular flexibility index (Phi) is 5.68. The van der Waals surface area contributed by atoms with E-state index >= 15 is 0 Å². The van der Waals surface area contributed by atoms with Crippen molar-refractivity contribution in [3.8, 4) is 0 Å². The molecule has 0 radical (unpaired) electrons. The first-order chi connectivity index (χ1) is 9.19. The van der Waals surface area contributed by atoms with Gasteiger partial charge in [0.2, 0.25) is 0 Å². The van der Waals surface area contributed by atoms with Crippen LogP contribution in [-0.2, 0) is 6.54 Å². The van der Waals surface area contributed by atoms with Crippen LogP contribution in [0.4, 0.5) is 0 Å². The molecule has 3 heteroatoms. The van der Waals surface area contributed by atoms with Crippen molar-refractivity contribution in [3.05, 3.63) is 34.3 Å². The molecule has 1 N–H and O–H groups in total. The van der Waals surface area contributed by atoms with E-state index in [1.54, 1.807) is 0 Å². The summed E-state index contributed by atoms with van der Waals surface area (Å²) >= 11 is 6.14. The summed E-state index contributed by atoms with van der Waals surface area (Å²) in [4.78, 5) is 2.54. The standard InChI is InChI=1S/C16H25ClN2/c1-3-19-8-6-14(7-9-19)11-18-12-15-5-4-13(2)16(17)10-15/h4-5,10,14,18H,3,6-9,11-12H2,1-2H3. The normalized spacial score (nSPS) is 17.8. The van der Waals surface area contributed by atoms with E-state index in [1.165, 1.54) is 38.0 Å². The minimum atomic E-state index is 0.837. The first-order valence-electron chi connectivity index (χ1n) is 7.37. The molecular formula is C16H25ClN2. The quantitative estimate of drug-likeness (QED) is 0.888. The Labute approximate surface area is 122 Å². The van der Waals surface area contributed by atoms with E-state index in [-0.39, 0.29) is 0 Å². The van der Waals surface area contributed by atoms with Crippen LogP contribution in [0.1, 0.15) is 30.9 Å². The van der Waals surface area contributed by atoms with Gasteiger partial charge in [-0.05, 0) is 69.1 Å². The zero-order valence-corrected chi connectivity index (χ0v) is 12.8. The molecule has 1 aliphatic rings. The van der Waals surface area contributed by atoms with Gasteiger partial charge in [0, 0.05) is 11.6 Å². The largest absolute Gasteiger partial charge is 0.312 e. The average molecular weight is 281 g/mol. The number of rotatable bonds is 5. The lowest BCUT2D eigenvalue weighted by molar-refractivity contribution is 0.190. The molecule has 1 aromatic carbocycles. The maximum Gasteiger partial charge on any atom is 0.0438 e. The van der Waals surface area contributed by atoms with E-state index in [0.29, 0.717) is 0 Å². The summed E-state index contributed by atoms with van der Waals surface area (Å²) in [6.07, 6.45) is 2.66. The Morgan fingerprint density at radius 2 is 2.05 bits per heavy atom. The molecule has 1 aromatic rings. The third-order valence-electron chi connectivity index (χ3n) is 4.15. The van der Waals surface area contributed by atoms with Gasteiger partial charge in [0.1, 0.15) is 0 Å². The van der Waals surface area contributed by atoms with Crippen molar-refractivity contribution in [3.63, 3.8) is 0 Å². The average Bonchev–Trinajstić information content (AvgIpc) is 2.43. The lowest BCUT2D eigenvalue weighted by Gasteiger charge is -2.31. The molecular weight excluding hydrogens is 256 g/mol. The number of hydrogen-bond acceptors (Lipinski definition) is 2. The van der Waals surface area contributed by atoms with Crippen molar-refractivity contribution in [2.45, 2.75) is 33.2 Å². The number of halogens is 1. The Hall–Kier alpha value is -0.570. The number of hydrogen-bond donors (Lipinski definition) is 1. The lowest BCUT2D eigenvalue weighted by Crippen LogP contribution is -2.36. The van der Waals surface area contributed by atoms with E-state index in [9.17, 15) is 0 Å². The molecule has 0 atom stereocenters. The van der Waals surface area contributed by atoms with Crippen LogP contribution in [0.15, 0.2) is 18.2 Å². The van der Waals surface area contributed by atoms with Gasteiger partial charge in [-0.1, -0.05) is 30.7 Å². The fourth-order valence-corrected chi connectivity index (χ4v) is 2.88. The number of piperidine rings is 1. The molecule has 106 valence electrons. The monoisotopic (exact) mass is 280 g/mol. The van der Waals surface area contributed by atoms with Gasteiger partial charge in [-0.2, -0.15) is 0 Å². The highest BCUT2D eigenvalue weighted by molar-refractivity contribution is 6.31. The maximum absolute atomic E-state index is 6.14. The van der Waals surface area contributed by atoms with Crippen LogP contribution in [0.2, 0.25) is 5.02 Å². The molecule has 19 heavy (non-hydrogen) atoms. The fourth-order valence-electron chi connectivity index (χ4n) is 2.67. The van der Waals surface area contributed by atoms with E-state index in [1.807, 2.05) is 6.92 Å². The summed E-state index contributed by atoms with van der Waals surface area (Å²) in [7, 11) is 0. The van der Waals surface area contributed by atoms with Crippen LogP contribution >= 0.6 is 11.6 Å². The highest BCUT2D eigenvalue weighted by atomic mass is 35.5. The van der Waals surface area contributed by atoms with Crippen molar-refractivity contribution in [1.82, 2.24) is 10.2 Å². The van der Waals surface area contributed by atoms with Crippen molar-refractivity contribution in [2.24, 2.45) is 5.92 Å². The second kappa shape index (κ2) is 7.28. The van der Waals surface area contributed by atoms with Gasteiger partial charge in [-0.15, -0.1) is 0 Å². The molecule has 0 amide bonds. The van der Waals surface area contributed by atoms with Crippen LogP contribution in [-0.4, -0.2) is 31.1 Å². The van der Waals surface area contributed by atoms with Crippen molar-refractivity contribution < 1.29 is 0 Å². The molecule has 0 bridgehead atoms. The van der Waals surface area contributed by atoms with Gasteiger partial charge in [-0.3, -0.25) is 0 Å². The minimum absolute atomic E-state index is 0.837. The zero-order chi connectivity index (χ0) is 13.7. The highest BCUT2D eigenvalue weighted by Crippen LogP contribution is 2.18. The van der Waals surface area contributed by atoms with Crippen molar-refractivity contribution >= 4 is 11.6 Å². The summed E-state index contributed by atoms with van der Waals surface area (Å²) in [5.41, 5.74) is 2.43. The molecule has 2 rings (SSSR count). The summed E-state index contributed by atoms with van der Waals surface area (Å²) in [5, 5.41) is 4.44. The van der Waals surface area contributed by atoms with Crippen LogP contribution in [0.25, 0.3) is 0 Å². The second-order valence-corrected chi connectivity index (χ2v) is 6.00. The topological polar surface area (TPSA) is 15.3 Å². The zero-order valence-electron chi connectivity index (χ0n) is 12.1. The third kappa shape index (κ3) is 4.48. The predicted molar refractivity (Wildman–Crippen MR) is 82.7 cm³/mol. The van der Waals surface area contributed by atoms with Gasteiger partial charge < -0.3 is 10.2 Å². The van der Waals surface area contributed by atoms with E-state index in [4.69, 9.17) is 11.6 Å². The van der Waals surface area contributed by atoms with Crippen molar-refractivity contribution in [2.75, 3.05) is 26.2 Å². The second-order valence-electron chi connectivity index (χ2n) is 5.59. The Morgan fingerprint density at radius 3 is 2.68 bits per heavy atom. The third-order valence-corrected chi connectivity index (χ3v) is 4.56. The Balaban J connectivity index is 1.70. The first kappa shape index (κ1) is 14.8. The summed E-state index contributed by atoms with van der Waals surface area (Å²) in [5.74, 6) is 0.837. The summed E-state index contributed by atoms with van der Waals surface area (Å²) < 4.78 is 0. The smallest absolute Gasteiger partial charge is 0.0438 e. The first-order valence-corrected chi connectivity index (χ1v) is 7.75. The highest BCUT2D eigenvalue weighted by Gasteiger charge is 2.17. The van der Waals surface area contributed by atoms with Crippen molar-refractivity contribution in [1.29, 1.82) is 0 Å². The SMILES string of the molecule is CCN1CCC(CNCc2ccc(C)c(Cl)c2)CC1. The molecule has 0 saturated carbocycles. The number of benzene rings is 1. The Bertz CT molecular complexity index is 398. The Morgan fingerprint density at radius 1 is 1.32 bits per heavy atom.